The molecule has 0 aliphatic carbocycles. The Hall–Kier alpha value is -4.97. The van der Waals surface area contributed by atoms with E-state index < -0.39 is 36.7 Å². The van der Waals surface area contributed by atoms with Gasteiger partial charge in [0.1, 0.15) is 19.3 Å². The van der Waals surface area contributed by atoms with E-state index in [1.165, 1.54) is 13.8 Å². The van der Waals surface area contributed by atoms with Gasteiger partial charge in [0.2, 0.25) is 11.8 Å². The molecule has 0 unspecified atom stereocenters. The van der Waals surface area contributed by atoms with Crippen molar-refractivity contribution < 1.29 is 38.6 Å². The second kappa shape index (κ2) is 18.2. The van der Waals surface area contributed by atoms with Gasteiger partial charge in [-0.2, -0.15) is 0 Å². The van der Waals surface area contributed by atoms with Crippen molar-refractivity contribution in [2.45, 2.75) is 46.2 Å². The van der Waals surface area contributed by atoms with Crippen LogP contribution in [0.15, 0.2) is 66.7 Å². The summed E-state index contributed by atoms with van der Waals surface area (Å²) in [6, 6.07) is 18.5. The van der Waals surface area contributed by atoms with Crippen molar-refractivity contribution in [3.8, 4) is 11.1 Å². The molecule has 12 nitrogen and oxygen atoms in total. The standard InChI is InChI=1S/C35H44N4O8/c1-23(2)21-39(32(22-40)34(44)47-19-17-37-25(4)42)35(45)38-31(33(43)46-18-16-36-24(3)41)20-26-12-14-28(15-13-26)30-11-7-9-27-8-5-6-10-29(27)30/h5-15,23,31-32,40H,16-22H2,1-4H3,(H,36,41)(H,37,42)(H,38,45)/t31-,32-/m0/s1. The molecule has 4 amide bonds. The number of esters is 2. The van der Waals surface area contributed by atoms with Gasteiger partial charge in [0.25, 0.3) is 0 Å². The summed E-state index contributed by atoms with van der Waals surface area (Å²) in [6.07, 6.45) is 0.0704. The zero-order valence-electron chi connectivity index (χ0n) is 27.3. The molecule has 0 saturated carbocycles. The van der Waals surface area contributed by atoms with Gasteiger partial charge in [0.05, 0.1) is 19.7 Å². The van der Waals surface area contributed by atoms with Crippen molar-refractivity contribution >= 4 is 40.6 Å². The first-order valence-electron chi connectivity index (χ1n) is 15.6. The van der Waals surface area contributed by atoms with Crippen molar-refractivity contribution in [1.29, 1.82) is 0 Å². The maximum atomic E-state index is 13.7. The predicted molar refractivity (Wildman–Crippen MR) is 177 cm³/mol. The largest absolute Gasteiger partial charge is 0.462 e. The molecular formula is C35H44N4O8. The summed E-state index contributed by atoms with van der Waals surface area (Å²) >= 11 is 0. The Kier molecular flexibility index (Phi) is 14.2. The number of amides is 4. The zero-order chi connectivity index (χ0) is 34.3. The molecule has 0 radical (unpaired) electrons. The molecule has 12 heteroatoms. The van der Waals surface area contributed by atoms with Crippen LogP contribution in [0.1, 0.15) is 33.3 Å². The number of carbonyl (C=O) groups excluding carboxylic acids is 5. The average Bonchev–Trinajstić information content (AvgIpc) is 3.04. The number of carbonyl (C=O) groups is 5. The lowest BCUT2D eigenvalue weighted by Crippen LogP contribution is -2.56. The second-order valence-corrected chi connectivity index (χ2v) is 11.5. The van der Waals surface area contributed by atoms with Gasteiger partial charge in [-0.15, -0.1) is 0 Å². The minimum absolute atomic E-state index is 0.0704. The highest BCUT2D eigenvalue weighted by Crippen LogP contribution is 2.29. The summed E-state index contributed by atoms with van der Waals surface area (Å²) in [7, 11) is 0. The third kappa shape index (κ3) is 11.4. The number of benzene rings is 3. The molecule has 3 aromatic carbocycles. The number of nitrogens with one attached hydrogen (secondary N) is 3. The fourth-order valence-corrected chi connectivity index (χ4v) is 4.96. The molecule has 0 aliphatic rings. The van der Waals surface area contributed by atoms with Crippen molar-refractivity contribution in [2.24, 2.45) is 5.92 Å². The first-order valence-corrected chi connectivity index (χ1v) is 15.6. The Morgan fingerprint density at radius 2 is 1.38 bits per heavy atom. The van der Waals surface area contributed by atoms with Gasteiger partial charge in [-0.25, -0.2) is 14.4 Å². The summed E-state index contributed by atoms with van der Waals surface area (Å²) < 4.78 is 10.6. The molecule has 0 bridgehead atoms. The van der Waals surface area contributed by atoms with Gasteiger partial charge in [0.15, 0.2) is 6.04 Å². The lowest BCUT2D eigenvalue weighted by molar-refractivity contribution is -0.150. The number of aliphatic hydroxyl groups excluding tert-OH is 1. The SMILES string of the molecule is CC(=O)NCCOC(=O)[C@H](Cc1ccc(-c2cccc3ccccc23)cc1)NC(=O)N(CC(C)C)[C@@H](CO)C(=O)OCCNC(C)=O. The molecule has 0 aliphatic heterocycles. The van der Waals surface area contributed by atoms with Crippen molar-refractivity contribution in [3.63, 3.8) is 0 Å². The molecule has 0 heterocycles. The quantitative estimate of drug-likeness (QED) is 0.136. The zero-order valence-corrected chi connectivity index (χ0v) is 27.3. The fourth-order valence-electron chi connectivity index (χ4n) is 4.96. The number of hydrogen-bond donors (Lipinski definition) is 4. The summed E-state index contributed by atoms with van der Waals surface area (Å²) in [4.78, 5) is 63.3. The van der Waals surface area contributed by atoms with Gasteiger partial charge in [-0.1, -0.05) is 80.6 Å². The van der Waals surface area contributed by atoms with E-state index in [2.05, 4.69) is 22.0 Å². The number of hydrogen-bond acceptors (Lipinski definition) is 8. The number of urea groups is 1. The first-order chi connectivity index (χ1) is 22.5. The van der Waals surface area contributed by atoms with E-state index in [1.54, 1.807) is 0 Å². The molecule has 2 atom stereocenters. The van der Waals surface area contributed by atoms with Crippen molar-refractivity contribution in [2.75, 3.05) is 39.5 Å². The lowest BCUT2D eigenvalue weighted by Gasteiger charge is -2.32. The highest BCUT2D eigenvalue weighted by Gasteiger charge is 2.34. The highest BCUT2D eigenvalue weighted by molar-refractivity contribution is 5.96. The topological polar surface area (TPSA) is 163 Å². The molecule has 0 aromatic heterocycles. The van der Waals surface area contributed by atoms with Crippen molar-refractivity contribution in [3.05, 3.63) is 72.3 Å². The van der Waals surface area contributed by atoms with Crippen LogP contribution in [0.3, 0.4) is 0 Å². The van der Waals surface area contributed by atoms with Gasteiger partial charge in [-0.3, -0.25) is 9.59 Å². The second-order valence-electron chi connectivity index (χ2n) is 11.5. The number of rotatable bonds is 16. The number of ether oxygens (including phenoxy) is 2. The summed E-state index contributed by atoms with van der Waals surface area (Å²) in [5, 5.41) is 20.1. The van der Waals surface area contributed by atoms with Gasteiger partial charge in [-0.05, 0) is 33.4 Å². The van der Waals surface area contributed by atoms with E-state index in [9.17, 15) is 29.1 Å². The van der Waals surface area contributed by atoms with E-state index >= 15 is 0 Å². The van der Waals surface area contributed by atoms with Crippen LogP contribution in [-0.2, 0) is 35.1 Å². The maximum Gasteiger partial charge on any atom is 0.331 e. The van der Waals surface area contributed by atoms with Crippen LogP contribution >= 0.6 is 0 Å². The van der Waals surface area contributed by atoms with Gasteiger partial charge < -0.3 is 35.4 Å². The molecule has 47 heavy (non-hydrogen) atoms. The van der Waals surface area contributed by atoms with Crippen LogP contribution in [0.25, 0.3) is 21.9 Å². The summed E-state index contributed by atoms with van der Waals surface area (Å²) in [5.41, 5.74) is 2.78. The number of aliphatic hydroxyl groups is 1. The Morgan fingerprint density at radius 1 is 0.787 bits per heavy atom. The molecule has 3 rings (SSSR count). The highest BCUT2D eigenvalue weighted by atomic mass is 16.5. The monoisotopic (exact) mass is 648 g/mol. The van der Waals surface area contributed by atoms with Crippen LogP contribution in [0.4, 0.5) is 4.79 Å². The minimum Gasteiger partial charge on any atom is -0.462 e. The molecule has 4 N–H and O–H groups in total. The van der Waals surface area contributed by atoms with Crippen LogP contribution in [0.5, 0.6) is 0 Å². The third-order valence-corrected chi connectivity index (χ3v) is 7.16. The number of fused-ring (bicyclic) bond motifs is 1. The Morgan fingerprint density at radius 3 is 1.98 bits per heavy atom. The molecule has 0 spiro atoms. The number of nitrogens with zero attached hydrogens (tertiary/aromatic N) is 1. The van der Waals surface area contributed by atoms with E-state index in [-0.39, 0.29) is 57.0 Å². The minimum atomic E-state index is -1.36. The molecule has 0 fully saturated rings. The Bertz CT molecular complexity index is 1520. The summed E-state index contributed by atoms with van der Waals surface area (Å²) in [5.74, 6) is -2.26. The normalized spacial score (nSPS) is 12.1. The Balaban J connectivity index is 1.81. The molecule has 252 valence electrons. The lowest BCUT2D eigenvalue weighted by atomic mass is 9.96. The maximum absolute atomic E-state index is 13.7. The first kappa shape index (κ1) is 36.5. The van der Waals surface area contributed by atoms with Crippen LogP contribution in [-0.4, -0.2) is 91.3 Å². The molecule has 0 saturated heterocycles. The van der Waals surface area contributed by atoms with Gasteiger partial charge in [0, 0.05) is 26.8 Å². The Labute approximate surface area is 274 Å². The average molecular weight is 649 g/mol. The van der Waals surface area contributed by atoms with Crippen LogP contribution < -0.4 is 16.0 Å². The van der Waals surface area contributed by atoms with Crippen LogP contribution in [0, 0.1) is 5.92 Å². The van der Waals surface area contributed by atoms with E-state index in [1.807, 2.05) is 74.5 Å². The van der Waals surface area contributed by atoms with E-state index in [0.29, 0.717) is 0 Å². The predicted octanol–water partition coefficient (Wildman–Crippen LogP) is 2.81. The fraction of sp³-hybridized carbons (Fsp3) is 0.400. The molecule has 3 aromatic rings. The smallest absolute Gasteiger partial charge is 0.331 e. The van der Waals surface area contributed by atoms with Crippen LogP contribution in [0.2, 0.25) is 0 Å². The van der Waals surface area contributed by atoms with E-state index in [4.69, 9.17) is 9.47 Å². The van der Waals surface area contributed by atoms with Crippen molar-refractivity contribution in [1.82, 2.24) is 20.9 Å². The van der Waals surface area contributed by atoms with E-state index in [0.717, 1.165) is 32.4 Å². The summed E-state index contributed by atoms with van der Waals surface area (Å²) in [6.45, 7) is 5.60. The van der Waals surface area contributed by atoms with Gasteiger partial charge >= 0.3 is 18.0 Å². The third-order valence-electron chi connectivity index (χ3n) is 7.16. The molecular weight excluding hydrogens is 604 g/mol.